The van der Waals surface area contributed by atoms with Crippen LogP contribution in [0.5, 0.6) is 11.9 Å². The van der Waals surface area contributed by atoms with Crippen LogP contribution in [-0.4, -0.2) is 80.4 Å². The van der Waals surface area contributed by atoms with Crippen molar-refractivity contribution in [3.8, 4) is 23.1 Å². The van der Waals surface area contributed by atoms with Gasteiger partial charge in [-0.3, -0.25) is 9.88 Å². The van der Waals surface area contributed by atoms with Gasteiger partial charge in [-0.05, 0) is 67.5 Å². The predicted octanol–water partition coefficient (Wildman–Crippen LogP) is 7.49. The molecule has 3 atom stereocenters. The molecule has 1 unspecified atom stereocenters. The summed E-state index contributed by atoms with van der Waals surface area (Å²) in [5.74, 6) is -1.38. The van der Waals surface area contributed by atoms with E-state index in [4.69, 9.17) is 14.2 Å². The van der Waals surface area contributed by atoms with E-state index >= 15 is 4.39 Å². The van der Waals surface area contributed by atoms with E-state index in [1.165, 1.54) is 6.20 Å². The van der Waals surface area contributed by atoms with Gasteiger partial charge < -0.3 is 14.2 Å². The van der Waals surface area contributed by atoms with Crippen LogP contribution in [0.3, 0.4) is 0 Å². The van der Waals surface area contributed by atoms with Crippen molar-refractivity contribution in [1.82, 2.24) is 29.6 Å². The van der Waals surface area contributed by atoms with Crippen molar-refractivity contribution < 1.29 is 36.2 Å². The van der Waals surface area contributed by atoms with Gasteiger partial charge in [-0.25, -0.2) is 13.5 Å². The zero-order valence-electron chi connectivity index (χ0n) is 26.9. The first kappa shape index (κ1) is 32.1. The molecule has 14 heteroatoms. The molecule has 3 aliphatic rings. The highest BCUT2D eigenvalue weighted by Crippen LogP contribution is 2.43. The molecule has 9 nitrogen and oxygen atoms in total. The molecule has 2 aromatic carbocycles. The highest BCUT2D eigenvalue weighted by molar-refractivity contribution is 6.13. The normalized spacial score (nSPS) is 23.1. The van der Waals surface area contributed by atoms with E-state index in [2.05, 4.69) is 20.1 Å². The van der Waals surface area contributed by atoms with Crippen LogP contribution in [-0.2, 0) is 11.2 Å². The molecule has 0 bridgehead atoms. The maximum atomic E-state index is 17.1. The van der Waals surface area contributed by atoms with Crippen LogP contribution in [0.15, 0.2) is 36.7 Å². The molecular formula is C35H35F5N6O3. The number of hydrogen-bond donors (Lipinski definition) is 0. The molecule has 0 aliphatic carbocycles. The van der Waals surface area contributed by atoms with Gasteiger partial charge in [0.15, 0.2) is 18.7 Å². The van der Waals surface area contributed by atoms with E-state index < -0.39 is 36.2 Å². The average molecular weight is 683 g/mol. The van der Waals surface area contributed by atoms with Gasteiger partial charge in [0, 0.05) is 36.7 Å². The van der Waals surface area contributed by atoms with E-state index in [0.717, 1.165) is 47.5 Å². The summed E-state index contributed by atoms with van der Waals surface area (Å²) in [7, 11) is 0. The molecule has 0 saturated carbocycles. The number of rotatable bonds is 8. The lowest BCUT2D eigenvalue weighted by Crippen LogP contribution is -2.43. The molecule has 3 fully saturated rings. The minimum Gasteiger partial charge on any atom is -0.467 e. The van der Waals surface area contributed by atoms with Crippen molar-refractivity contribution in [3.05, 3.63) is 48.0 Å². The summed E-state index contributed by atoms with van der Waals surface area (Å²) in [4.78, 5) is 15.0. The number of alkyl halides is 4. The fraction of sp³-hybridized carbons (Fsp3) is 0.486. The molecule has 6 heterocycles. The van der Waals surface area contributed by atoms with Crippen molar-refractivity contribution in [2.45, 2.75) is 76.0 Å². The van der Waals surface area contributed by atoms with Gasteiger partial charge >= 0.3 is 12.2 Å². The van der Waals surface area contributed by atoms with Crippen LogP contribution >= 0.6 is 0 Å². The Balaban J connectivity index is 1.29. The van der Waals surface area contributed by atoms with E-state index in [0.29, 0.717) is 36.9 Å². The smallest absolute Gasteiger partial charge is 0.422 e. The zero-order valence-corrected chi connectivity index (χ0v) is 26.9. The highest BCUT2D eigenvalue weighted by Gasteiger charge is 2.49. The van der Waals surface area contributed by atoms with E-state index in [9.17, 15) is 17.6 Å². The lowest BCUT2D eigenvalue weighted by molar-refractivity contribution is -0.153. The highest BCUT2D eigenvalue weighted by atomic mass is 19.4. The van der Waals surface area contributed by atoms with Gasteiger partial charge in [0.1, 0.15) is 24.0 Å². The first-order valence-corrected chi connectivity index (χ1v) is 16.8. The second-order valence-electron chi connectivity index (χ2n) is 13.2. The Labute approximate surface area is 278 Å². The van der Waals surface area contributed by atoms with Crippen molar-refractivity contribution in [2.24, 2.45) is 0 Å². The Hall–Kier alpha value is -4.17. The lowest BCUT2D eigenvalue weighted by atomic mass is 9.92. The minimum absolute atomic E-state index is 0.00340. The molecular weight excluding hydrogens is 647 g/mol. The first-order chi connectivity index (χ1) is 23.6. The van der Waals surface area contributed by atoms with Gasteiger partial charge in [-0.2, -0.15) is 28.2 Å². The third-order valence-electron chi connectivity index (χ3n) is 10.1. The van der Waals surface area contributed by atoms with Crippen LogP contribution in [0.4, 0.5) is 22.0 Å². The molecule has 3 aromatic heterocycles. The van der Waals surface area contributed by atoms with Crippen LogP contribution in [0.1, 0.15) is 57.2 Å². The van der Waals surface area contributed by atoms with Gasteiger partial charge in [0.25, 0.3) is 0 Å². The van der Waals surface area contributed by atoms with Gasteiger partial charge in [0.2, 0.25) is 5.88 Å². The number of fused-ring (bicyclic) bond motifs is 4. The Bertz CT molecular complexity index is 2050. The molecule has 0 amide bonds. The van der Waals surface area contributed by atoms with Gasteiger partial charge in [-0.1, -0.05) is 25.1 Å². The molecule has 3 aliphatic heterocycles. The lowest BCUT2D eigenvalue weighted by Gasteiger charge is -2.30. The quantitative estimate of drug-likeness (QED) is 0.156. The number of aryl methyl sites for hydroxylation is 1. The summed E-state index contributed by atoms with van der Waals surface area (Å²) in [6, 6.07) is 7.53. The maximum absolute atomic E-state index is 17.1. The largest absolute Gasteiger partial charge is 0.467 e. The molecule has 5 aromatic rings. The Morgan fingerprint density at radius 3 is 2.76 bits per heavy atom. The second kappa shape index (κ2) is 12.3. The number of nitrogens with zero attached hydrogens (tertiary/aromatic N) is 6. The van der Waals surface area contributed by atoms with Crippen LogP contribution in [0.2, 0.25) is 0 Å². The fourth-order valence-electron chi connectivity index (χ4n) is 7.88. The van der Waals surface area contributed by atoms with Crippen LogP contribution in [0, 0.1) is 5.82 Å². The first-order valence-electron chi connectivity index (χ1n) is 16.8. The van der Waals surface area contributed by atoms with Crippen molar-refractivity contribution in [2.75, 3.05) is 32.9 Å². The van der Waals surface area contributed by atoms with Crippen molar-refractivity contribution in [1.29, 1.82) is 0 Å². The minimum atomic E-state index is -4.68. The summed E-state index contributed by atoms with van der Waals surface area (Å²) in [5.41, 5.74) is 1.26. The Kier molecular flexibility index (Phi) is 8.05. The molecule has 3 saturated heterocycles. The Morgan fingerprint density at radius 2 is 1.96 bits per heavy atom. The van der Waals surface area contributed by atoms with E-state index in [1.807, 2.05) is 40.8 Å². The second-order valence-corrected chi connectivity index (χ2v) is 13.2. The number of ether oxygens (including phenoxy) is 3. The maximum Gasteiger partial charge on any atom is 0.422 e. The number of hydrogen-bond acceptors (Lipinski definition) is 8. The molecule has 0 N–H and O–H groups in total. The van der Waals surface area contributed by atoms with Crippen molar-refractivity contribution in [3.63, 3.8) is 0 Å². The predicted molar refractivity (Wildman–Crippen MR) is 172 cm³/mol. The van der Waals surface area contributed by atoms with E-state index in [1.54, 1.807) is 6.20 Å². The summed E-state index contributed by atoms with van der Waals surface area (Å²) >= 11 is 0. The van der Waals surface area contributed by atoms with Crippen molar-refractivity contribution >= 4 is 32.6 Å². The van der Waals surface area contributed by atoms with E-state index in [-0.39, 0.29) is 48.4 Å². The van der Waals surface area contributed by atoms with Crippen LogP contribution < -0.4 is 9.47 Å². The Morgan fingerprint density at radius 1 is 1.08 bits per heavy atom. The summed E-state index contributed by atoms with van der Waals surface area (Å²) in [6.07, 6.45) is 2.15. The number of halogens is 5. The zero-order chi connectivity index (χ0) is 33.9. The van der Waals surface area contributed by atoms with Gasteiger partial charge in [0.05, 0.1) is 22.6 Å². The molecule has 0 spiro atoms. The summed E-state index contributed by atoms with van der Waals surface area (Å²) in [5, 5.41) is 6.83. The monoisotopic (exact) mass is 682 g/mol. The number of benzene rings is 2. The fourth-order valence-corrected chi connectivity index (χ4v) is 7.88. The standard InChI is InChI=1S/C35H35F5N6O3/c1-2-20-7-5-8-21-13-25-23(16-42-46(25)26-9-3-4-12-47-26)28(27(20)21)31-29(37)30-24(15-41-31)32(48-19-35(38,39)40)44-33(43-30)49-18-34-10-6-11-45(34)17-22(36)14-34/h5,7-8,13,15-16,22,26H,2-4,6,9-12,14,17-19H2,1H3/t22-,26?,34+/m1/s1. The third kappa shape index (κ3) is 5.72. The third-order valence-corrected chi connectivity index (χ3v) is 10.1. The molecule has 49 heavy (non-hydrogen) atoms. The number of aromatic nitrogens is 5. The SMILES string of the molecule is CCc1cccc2cc3c(cnn3C3CCCCO3)c(-c3ncc4c(OCC(F)(F)F)nc(OC[C@@]56CCCN5C[C@H](F)C6)nc4c3F)c12. The molecule has 258 valence electrons. The molecule has 8 rings (SSSR count). The topological polar surface area (TPSA) is 87.4 Å². The summed E-state index contributed by atoms with van der Waals surface area (Å²) < 4.78 is 90.3. The summed E-state index contributed by atoms with van der Waals surface area (Å²) in [6.45, 7) is 1.97. The average Bonchev–Trinajstić information content (AvgIpc) is 3.77. The molecule has 0 radical (unpaired) electrons. The van der Waals surface area contributed by atoms with Gasteiger partial charge in [-0.15, -0.1) is 0 Å². The van der Waals surface area contributed by atoms with Crippen LogP contribution in [0.25, 0.3) is 43.8 Å². The number of pyridine rings is 1.